The first-order chi connectivity index (χ1) is 6.13. The highest BCUT2D eigenvalue weighted by Gasteiger charge is 2.01. The highest BCUT2D eigenvalue weighted by molar-refractivity contribution is 6.29. The van der Waals surface area contributed by atoms with Crippen LogP contribution in [0.3, 0.4) is 0 Å². The summed E-state index contributed by atoms with van der Waals surface area (Å²) in [6, 6.07) is 5.61. The summed E-state index contributed by atoms with van der Waals surface area (Å²) in [6.45, 7) is 3.85. The van der Waals surface area contributed by atoms with Gasteiger partial charge >= 0.3 is 0 Å². The number of carbonyl (C=O) groups excluding carboxylic acids is 2. The molecule has 1 rings (SSSR count). The van der Waals surface area contributed by atoms with Gasteiger partial charge in [-0.15, -0.1) is 0 Å². The van der Waals surface area contributed by atoms with Gasteiger partial charge in [0.05, 0.1) is 0 Å². The molecule has 0 bridgehead atoms. The molecule has 3 heteroatoms. The smallest absolute Gasteiger partial charge is 0.288 e. The van der Waals surface area contributed by atoms with Crippen LogP contribution >= 0.6 is 0 Å². The molecule has 68 valence electrons. The van der Waals surface area contributed by atoms with Gasteiger partial charge in [-0.25, -0.2) is 0 Å². The van der Waals surface area contributed by atoms with Crippen LogP contribution in [0.1, 0.15) is 11.1 Å². The summed E-state index contributed by atoms with van der Waals surface area (Å²) < 4.78 is 0. The molecular weight excluding hydrogens is 166 g/mol. The van der Waals surface area contributed by atoms with Gasteiger partial charge < -0.3 is 5.32 Å². The molecule has 0 heterocycles. The number of benzene rings is 1. The van der Waals surface area contributed by atoms with E-state index >= 15 is 0 Å². The fraction of sp³-hybridized carbons (Fsp3) is 0.200. The maximum atomic E-state index is 10.7. The van der Waals surface area contributed by atoms with E-state index in [1.807, 2.05) is 26.0 Å². The van der Waals surface area contributed by atoms with Gasteiger partial charge in [0.2, 0.25) is 6.29 Å². The first-order valence-electron chi connectivity index (χ1n) is 3.97. The van der Waals surface area contributed by atoms with Crippen molar-refractivity contribution in [3.8, 4) is 0 Å². The average Bonchev–Trinajstić information content (AvgIpc) is 2.09. The standard InChI is InChI=1S/C10H11NO2/c1-7-3-4-9(8(2)5-7)11-10(13)6-12/h3-6H,1-2H3,(H,11,13). The summed E-state index contributed by atoms with van der Waals surface area (Å²) in [5.74, 6) is -0.619. The lowest BCUT2D eigenvalue weighted by molar-refractivity contribution is -0.127. The maximum absolute atomic E-state index is 10.7. The van der Waals surface area contributed by atoms with Crippen molar-refractivity contribution in [2.45, 2.75) is 13.8 Å². The average molecular weight is 177 g/mol. The van der Waals surface area contributed by atoms with E-state index in [2.05, 4.69) is 5.32 Å². The molecule has 0 aliphatic carbocycles. The molecule has 0 fully saturated rings. The van der Waals surface area contributed by atoms with Crippen LogP contribution in [-0.2, 0) is 9.59 Å². The molecular formula is C10H11NO2. The molecule has 3 nitrogen and oxygen atoms in total. The molecule has 0 saturated carbocycles. The van der Waals surface area contributed by atoms with E-state index < -0.39 is 5.91 Å². The largest absolute Gasteiger partial charge is 0.319 e. The maximum Gasteiger partial charge on any atom is 0.288 e. The second-order valence-corrected chi connectivity index (χ2v) is 2.93. The van der Waals surface area contributed by atoms with Crippen LogP contribution in [0.25, 0.3) is 0 Å². The molecule has 13 heavy (non-hydrogen) atoms. The molecule has 0 unspecified atom stereocenters. The highest BCUT2D eigenvalue weighted by atomic mass is 16.2. The Hall–Kier alpha value is -1.64. The quantitative estimate of drug-likeness (QED) is 0.548. The number of aryl methyl sites for hydroxylation is 2. The van der Waals surface area contributed by atoms with Crippen LogP contribution in [0.5, 0.6) is 0 Å². The Morgan fingerprint density at radius 3 is 2.62 bits per heavy atom. The molecule has 0 radical (unpaired) electrons. The number of hydrogen-bond donors (Lipinski definition) is 1. The van der Waals surface area contributed by atoms with Gasteiger partial charge in [0, 0.05) is 5.69 Å². The molecule has 0 aliphatic rings. The Kier molecular flexibility index (Phi) is 2.80. The Bertz CT molecular complexity index is 345. The molecule has 1 aromatic rings. The molecule has 0 saturated heterocycles. The Morgan fingerprint density at radius 1 is 1.38 bits per heavy atom. The second kappa shape index (κ2) is 3.85. The third-order valence-corrected chi connectivity index (χ3v) is 1.75. The Morgan fingerprint density at radius 2 is 2.08 bits per heavy atom. The van der Waals surface area contributed by atoms with E-state index in [1.54, 1.807) is 6.07 Å². The van der Waals surface area contributed by atoms with Crippen LogP contribution in [0.2, 0.25) is 0 Å². The van der Waals surface area contributed by atoms with E-state index in [0.717, 1.165) is 11.1 Å². The van der Waals surface area contributed by atoms with E-state index in [0.29, 0.717) is 5.69 Å². The Labute approximate surface area is 76.8 Å². The van der Waals surface area contributed by atoms with Gasteiger partial charge in [-0.05, 0) is 25.5 Å². The number of nitrogens with one attached hydrogen (secondary N) is 1. The Balaban J connectivity index is 2.89. The summed E-state index contributed by atoms with van der Waals surface area (Å²) in [5, 5.41) is 2.48. The third-order valence-electron chi connectivity index (χ3n) is 1.75. The van der Waals surface area contributed by atoms with Crippen molar-refractivity contribution in [2.75, 3.05) is 5.32 Å². The highest BCUT2D eigenvalue weighted by Crippen LogP contribution is 2.15. The summed E-state index contributed by atoms with van der Waals surface area (Å²) in [7, 11) is 0. The van der Waals surface area contributed by atoms with E-state index in [1.165, 1.54) is 0 Å². The number of amides is 1. The zero-order valence-electron chi connectivity index (χ0n) is 7.63. The van der Waals surface area contributed by atoms with Crippen molar-refractivity contribution in [3.05, 3.63) is 29.3 Å². The molecule has 1 amide bonds. The van der Waals surface area contributed by atoms with E-state index in [-0.39, 0.29) is 6.29 Å². The van der Waals surface area contributed by atoms with Crippen molar-refractivity contribution in [2.24, 2.45) is 0 Å². The van der Waals surface area contributed by atoms with Crippen LogP contribution in [0, 0.1) is 13.8 Å². The van der Waals surface area contributed by atoms with Crippen molar-refractivity contribution >= 4 is 17.9 Å². The van der Waals surface area contributed by atoms with Gasteiger partial charge in [-0.1, -0.05) is 17.7 Å². The monoisotopic (exact) mass is 177 g/mol. The number of anilines is 1. The van der Waals surface area contributed by atoms with Gasteiger partial charge in [0.15, 0.2) is 0 Å². The minimum atomic E-state index is -0.619. The lowest BCUT2D eigenvalue weighted by atomic mass is 10.1. The molecule has 0 spiro atoms. The van der Waals surface area contributed by atoms with Gasteiger partial charge in [-0.2, -0.15) is 0 Å². The van der Waals surface area contributed by atoms with Crippen molar-refractivity contribution < 1.29 is 9.59 Å². The van der Waals surface area contributed by atoms with Gasteiger partial charge in [0.25, 0.3) is 5.91 Å². The van der Waals surface area contributed by atoms with Crippen LogP contribution in [0.15, 0.2) is 18.2 Å². The fourth-order valence-electron chi connectivity index (χ4n) is 1.12. The van der Waals surface area contributed by atoms with Crippen molar-refractivity contribution in [3.63, 3.8) is 0 Å². The lowest BCUT2D eigenvalue weighted by Crippen LogP contribution is -2.12. The van der Waals surface area contributed by atoms with Crippen molar-refractivity contribution in [1.29, 1.82) is 0 Å². The number of rotatable bonds is 2. The predicted octanol–water partition coefficient (Wildman–Crippen LogP) is 1.44. The molecule has 1 N–H and O–H groups in total. The summed E-state index contributed by atoms with van der Waals surface area (Å²) >= 11 is 0. The fourth-order valence-corrected chi connectivity index (χ4v) is 1.12. The van der Waals surface area contributed by atoms with Crippen LogP contribution in [0.4, 0.5) is 5.69 Å². The van der Waals surface area contributed by atoms with Gasteiger partial charge in [0.1, 0.15) is 0 Å². The normalized spacial score (nSPS) is 9.38. The molecule has 1 aromatic carbocycles. The predicted molar refractivity (Wildman–Crippen MR) is 50.6 cm³/mol. The minimum Gasteiger partial charge on any atom is -0.319 e. The first-order valence-corrected chi connectivity index (χ1v) is 3.97. The molecule has 0 aliphatic heterocycles. The lowest BCUT2D eigenvalue weighted by Gasteiger charge is -2.05. The number of hydrogen-bond acceptors (Lipinski definition) is 2. The summed E-state index contributed by atoms with van der Waals surface area (Å²) in [4.78, 5) is 20.8. The molecule has 0 atom stereocenters. The van der Waals surface area contributed by atoms with E-state index in [9.17, 15) is 9.59 Å². The summed E-state index contributed by atoms with van der Waals surface area (Å²) in [5.41, 5.74) is 2.76. The number of carbonyl (C=O) groups is 2. The zero-order chi connectivity index (χ0) is 9.84. The van der Waals surface area contributed by atoms with Crippen LogP contribution in [-0.4, -0.2) is 12.2 Å². The van der Waals surface area contributed by atoms with E-state index in [4.69, 9.17) is 0 Å². The third kappa shape index (κ3) is 2.40. The molecule has 0 aromatic heterocycles. The first kappa shape index (κ1) is 9.45. The second-order valence-electron chi connectivity index (χ2n) is 2.93. The topological polar surface area (TPSA) is 46.2 Å². The van der Waals surface area contributed by atoms with Gasteiger partial charge in [-0.3, -0.25) is 9.59 Å². The van der Waals surface area contributed by atoms with Crippen LogP contribution < -0.4 is 5.32 Å². The number of aldehydes is 1. The zero-order valence-corrected chi connectivity index (χ0v) is 7.63. The summed E-state index contributed by atoms with van der Waals surface area (Å²) in [6.07, 6.45) is 0.263. The van der Waals surface area contributed by atoms with Crippen molar-refractivity contribution in [1.82, 2.24) is 0 Å². The SMILES string of the molecule is Cc1ccc(NC(=O)C=O)c(C)c1. The minimum absolute atomic E-state index is 0.263.